The van der Waals surface area contributed by atoms with Crippen molar-refractivity contribution in [3.05, 3.63) is 60.9 Å². The summed E-state index contributed by atoms with van der Waals surface area (Å²) >= 11 is 0. The Bertz CT molecular complexity index is 1030. The third-order valence-electron chi connectivity index (χ3n) is 5.76. The molecule has 2 bridgehead atoms. The van der Waals surface area contributed by atoms with Gasteiger partial charge in [0.1, 0.15) is 18.1 Å². The van der Waals surface area contributed by atoms with Crippen LogP contribution in [-0.2, 0) is 0 Å². The monoisotopic (exact) mass is 663 g/mol. The van der Waals surface area contributed by atoms with Crippen LogP contribution < -0.4 is 10.1 Å². The Kier molecular flexibility index (Phi) is 8.07. The number of benzene rings is 1. The minimum absolute atomic E-state index is 0. The molecule has 2 aromatic heterocycles. The molecule has 6 nitrogen and oxygen atoms in total. The maximum absolute atomic E-state index is 13.2. The zero-order valence-corrected chi connectivity index (χ0v) is 22.4. The van der Waals surface area contributed by atoms with Crippen LogP contribution in [0.15, 0.2) is 42.6 Å². The molecular weight excluding hydrogens is 638 g/mol. The van der Waals surface area contributed by atoms with Crippen LogP contribution in [0.4, 0.5) is 8.78 Å². The van der Waals surface area contributed by atoms with Crippen molar-refractivity contribution in [1.29, 1.82) is 0 Å². The number of fused-ring (bicyclic) bond motifs is 2. The quantitative estimate of drug-likeness (QED) is 0.432. The smallest absolute Gasteiger partial charge is 0.496 e. The average Bonchev–Trinajstić information content (AvgIpc) is 3.30. The Balaban J connectivity index is 0.000000204. The van der Waals surface area contributed by atoms with Gasteiger partial charge in [-0.2, -0.15) is 29.1 Å². The standard InChI is InChI=1S/C15H13N4O.C8H12F2N.U/c1-11-7-9-19(18-11)12-5-6-13(15(10-12)20-2)14-4-3-8-16-17-14;1-8-4-2-3-5(11-8)6(9)7(8)10;/h3-7,9-10H,1-2H3;2,5-7,11H,3-4H2,1H3;/q2*-1;+2. The van der Waals surface area contributed by atoms with Gasteiger partial charge in [-0.1, -0.05) is 0 Å². The third-order valence-corrected chi connectivity index (χ3v) is 5.76. The van der Waals surface area contributed by atoms with Gasteiger partial charge in [-0.25, -0.2) is 19.5 Å². The van der Waals surface area contributed by atoms with Crippen LogP contribution in [0.1, 0.15) is 25.5 Å². The van der Waals surface area contributed by atoms with Crippen molar-refractivity contribution in [3.63, 3.8) is 0 Å². The molecule has 2 fully saturated rings. The Morgan fingerprint density at radius 1 is 1.28 bits per heavy atom. The summed E-state index contributed by atoms with van der Waals surface area (Å²) < 4.78 is 33.5. The van der Waals surface area contributed by atoms with Gasteiger partial charge in [0, 0.05) is 35.1 Å². The molecule has 0 amide bonds. The molecule has 1 N–H and O–H groups in total. The third kappa shape index (κ3) is 5.05. The number of rotatable bonds is 3. The summed E-state index contributed by atoms with van der Waals surface area (Å²) in [5.74, 6) is 0.733. The summed E-state index contributed by atoms with van der Waals surface area (Å²) in [7, 11) is 1.64. The normalized spacial score (nSPS) is 26.0. The van der Waals surface area contributed by atoms with Crippen LogP contribution in [0.3, 0.4) is 0 Å². The maximum atomic E-state index is 13.2. The first kappa shape index (κ1) is 24.8. The van der Waals surface area contributed by atoms with Gasteiger partial charge in [-0.15, -0.1) is 6.20 Å². The van der Waals surface area contributed by atoms with E-state index in [1.165, 1.54) is 0 Å². The van der Waals surface area contributed by atoms with Gasteiger partial charge in [0.25, 0.3) is 0 Å². The van der Waals surface area contributed by atoms with Gasteiger partial charge in [0.2, 0.25) is 0 Å². The molecule has 1 aromatic carbocycles. The van der Waals surface area contributed by atoms with Crippen molar-refractivity contribution in [2.45, 2.75) is 50.6 Å². The minimum Gasteiger partial charge on any atom is -0.496 e. The topological polar surface area (TPSA) is 64.9 Å². The fraction of sp³-hybridized carbons (Fsp3) is 0.391. The fourth-order valence-electron chi connectivity index (χ4n) is 4.06. The van der Waals surface area contributed by atoms with Crippen LogP contribution in [0.25, 0.3) is 16.9 Å². The van der Waals surface area contributed by atoms with Gasteiger partial charge in [0.05, 0.1) is 18.5 Å². The van der Waals surface area contributed by atoms with E-state index in [0.717, 1.165) is 28.4 Å². The number of nitrogens with one attached hydrogen (secondary N) is 1. The molecule has 4 unspecified atom stereocenters. The van der Waals surface area contributed by atoms with Crippen LogP contribution in [0.5, 0.6) is 5.75 Å². The van der Waals surface area contributed by atoms with Gasteiger partial charge in [-0.3, -0.25) is 5.10 Å². The van der Waals surface area contributed by atoms with E-state index in [9.17, 15) is 8.78 Å². The molecule has 166 valence electrons. The molecule has 0 saturated carbocycles. The van der Waals surface area contributed by atoms with Crippen molar-refractivity contribution in [2.75, 3.05) is 7.11 Å². The zero-order valence-electron chi connectivity index (χ0n) is 18.2. The maximum Gasteiger partial charge on any atom is 2.00 e. The van der Waals surface area contributed by atoms with E-state index >= 15 is 0 Å². The van der Waals surface area contributed by atoms with Gasteiger partial charge in [-0.05, 0) is 32.0 Å². The Morgan fingerprint density at radius 3 is 2.69 bits per heavy atom. The number of hydrogen-bond donors (Lipinski definition) is 1. The second-order valence-electron chi connectivity index (χ2n) is 8.08. The molecule has 5 rings (SSSR count). The summed E-state index contributed by atoms with van der Waals surface area (Å²) in [5, 5.41) is 15.2. The van der Waals surface area contributed by atoms with E-state index in [-0.39, 0.29) is 37.2 Å². The summed E-state index contributed by atoms with van der Waals surface area (Å²) in [4.78, 5) is 0. The molecule has 0 spiro atoms. The van der Waals surface area contributed by atoms with E-state index < -0.39 is 17.9 Å². The van der Waals surface area contributed by atoms with Crippen molar-refractivity contribution >= 4 is 0 Å². The SMILES string of the molecule is CC12C[CH-]CC(N1)C(F)C2F.COc1cc(-n2ccc(C)n2)ccc1-c1cc[c-]nn1.[U+2]. The molecule has 2 aliphatic rings. The molecule has 9 heteroatoms. The number of methoxy groups -OCH3 is 1. The largest absolute Gasteiger partial charge is 2.00 e. The van der Waals surface area contributed by atoms with Crippen molar-refractivity contribution in [2.24, 2.45) is 0 Å². The molecule has 4 atom stereocenters. The summed E-state index contributed by atoms with van der Waals surface area (Å²) in [6.45, 7) is 3.71. The van der Waals surface area contributed by atoms with E-state index in [4.69, 9.17) is 4.74 Å². The van der Waals surface area contributed by atoms with Gasteiger partial charge >= 0.3 is 31.1 Å². The van der Waals surface area contributed by atoms with Crippen molar-refractivity contribution in [1.82, 2.24) is 25.3 Å². The number of nitrogens with zero attached hydrogens (tertiary/aromatic N) is 4. The molecule has 2 aliphatic heterocycles. The predicted molar refractivity (Wildman–Crippen MR) is 113 cm³/mol. The number of piperidine rings is 1. The molecule has 2 saturated heterocycles. The number of alkyl halides is 2. The molecular formula is C23H25F2N5OU. The Morgan fingerprint density at radius 2 is 2.09 bits per heavy atom. The molecule has 0 aliphatic carbocycles. The number of halogens is 2. The molecule has 32 heavy (non-hydrogen) atoms. The number of aromatic nitrogens is 4. The summed E-state index contributed by atoms with van der Waals surface area (Å²) in [5.41, 5.74) is 2.93. The van der Waals surface area contributed by atoms with Gasteiger partial charge < -0.3 is 16.5 Å². The average molecular weight is 664 g/mol. The second-order valence-corrected chi connectivity index (χ2v) is 8.08. The minimum atomic E-state index is -1.33. The molecule has 4 heterocycles. The van der Waals surface area contributed by atoms with E-state index in [0.29, 0.717) is 12.8 Å². The number of aryl methyl sites for hydroxylation is 1. The Hall–Kier alpha value is -1.82. The fourth-order valence-corrected chi connectivity index (χ4v) is 4.06. The molecule has 0 radical (unpaired) electrons. The van der Waals surface area contributed by atoms with E-state index in [1.54, 1.807) is 20.1 Å². The number of hydrogen-bond acceptors (Lipinski definition) is 5. The Labute approximate surface area is 210 Å². The number of ether oxygens (including phenoxy) is 1. The predicted octanol–water partition coefficient (Wildman–Crippen LogP) is 3.84. The zero-order chi connectivity index (χ0) is 22.0. The first-order chi connectivity index (χ1) is 14.9. The van der Waals surface area contributed by atoms with E-state index in [2.05, 4.69) is 26.8 Å². The summed E-state index contributed by atoms with van der Waals surface area (Å²) in [6.07, 6.45) is 5.23. The van der Waals surface area contributed by atoms with Crippen LogP contribution in [0.2, 0.25) is 0 Å². The first-order valence-corrected chi connectivity index (χ1v) is 10.2. The van der Waals surface area contributed by atoms with Crippen LogP contribution in [0, 0.1) is 50.7 Å². The summed E-state index contributed by atoms with van der Waals surface area (Å²) in [6, 6.07) is 11.1. The van der Waals surface area contributed by atoms with Crippen molar-refractivity contribution in [3.8, 4) is 22.7 Å². The van der Waals surface area contributed by atoms with Crippen LogP contribution in [-0.4, -0.2) is 51.0 Å². The first-order valence-electron chi connectivity index (χ1n) is 10.2. The van der Waals surface area contributed by atoms with Gasteiger partial charge in [0.15, 0.2) is 0 Å². The molecule has 3 aromatic rings. The van der Waals surface area contributed by atoms with Crippen molar-refractivity contribution < 1.29 is 44.6 Å². The van der Waals surface area contributed by atoms with Crippen LogP contribution >= 0.6 is 0 Å². The van der Waals surface area contributed by atoms with E-state index in [1.807, 2.05) is 54.6 Å². The second kappa shape index (κ2) is 10.4.